The summed E-state index contributed by atoms with van der Waals surface area (Å²) in [5, 5.41) is 2.73. The Labute approximate surface area is 173 Å². The molecule has 0 bridgehead atoms. The molecule has 0 saturated carbocycles. The van der Waals surface area contributed by atoms with Gasteiger partial charge in [0.25, 0.3) is 0 Å². The molecule has 1 heterocycles. The molecule has 0 radical (unpaired) electrons. The molecule has 1 aliphatic rings. The predicted molar refractivity (Wildman–Crippen MR) is 107 cm³/mol. The van der Waals surface area contributed by atoms with Crippen molar-refractivity contribution in [3.05, 3.63) is 48.3 Å². The van der Waals surface area contributed by atoms with E-state index in [1.165, 1.54) is 38.4 Å². The van der Waals surface area contributed by atoms with E-state index in [1.54, 1.807) is 30.3 Å². The number of urea groups is 1. The molecular formula is C21H23FN2O6. The van der Waals surface area contributed by atoms with E-state index in [0.717, 1.165) is 0 Å². The standard InChI is InChI=1S/C21H23FN2O6/c1-27-13-8-9-16(19(11-13)28-2)23-21(26)24-12-14(10-17(24)20(25)29-3)30-18-7-5-4-6-15(18)22/h4-9,11,14,17H,10,12H2,1-3H3,(H,23,26)/t14-,17+/m1/s1. The van der Waals surface area contributed by atoms with Crippen LogP contribution in [0.3, 0.4) is 0 Å². The zero-order valence-electron chi connectivity index (χ0n) is 16.9. The summed E-state index contributed by atoms with van der Waals surface area (Å²) in [6, 6.07) is 9.50. The molecule has 2 amide bonds. The van der Waals surface area contributed by atoms with Crippen LogP contribution in [0.1, 0.15) is 6.42 Å². The number of halogens is 1. The molecule has 0 spiro atoms. The second-order valence-corrected chi connectivity index (χ2v) is 6.59. The number of esters is 1. The molecular weight excluding hydrogens is 395 g/mol. The van der Waals surface area contributed by atoms with Gasteiger partial charge in [0.1, 0.15) is 23.6 Å². The lowest BCUT2D eigenvalue weighted by Gasteiger charge is -2.23. The molecule has 2 atom stereocenters. The Morgan fingerprint density at radius 2 is 1.83 bits per heavy atom. The topological polar surface area (TPSA) is 86.3 Å². The molecule has 30 heavy (non-hydrogen) atoms. The molecule has 0 unspecified atom stereocenters. The second kappa shape index (κ2) is 9.34. The summed E-state index contributed by atoms with van der Waals surface area (Å²) >= 11 is 0. The van der Waals surface area contributed by atoms with Gasteiger partial charge in [-0.15, -0.1) is 0 Å². The Balaban J connectivity index is 1.77. The summed E-state index contributed by atoms with van der Waals surface area (Å²) in [4.78, 5) is 26.5. The van der Waals surface area contributed by atoms with Crippen molar-refractivity contribution in [2.24, 2.45) is 0 Å². The number of anilines is 1. The summed E-state index contributed by atoms with van der Waals surface area (Å²) in [6.45, 7) is 0.0818. The van der Waals surface area contributed by atoms with Crippen LogP contribution in [0, 0.1) is 5.82 Å². The monoisotopic (exact) mass is 418 g/mol. The van der Waals surface area contributed by atoms with E-state index in [0.29, 0.717) is 17.2 Å². The maximum absolute atomic E-state index is 13.9. The fourth-order valence-electron chi connectivity index (χ4n) is 3.28. The normalized spacial score (nSPS) is 17.9. The maximum Gasteiger partial charge on any atom is 0.328 e. The Morgan fingerprint density at radius 3 is 2.50 bits per heavy atom. The number of nitrogens with one attached hydrogen (secondary N) is 1. The van der Waals surface area contributed by atoms with Crippen molar-refractivity contribution in [2.75, 3.05) is 33.2 Å². The number of methoxy groups -OCH3 is 3. The molecule has 1 saturated heterocycles. The number of benzene rings is 2. The van der Waals surface area contributed by atoms with Gasteiger partial charge in [-0.05, 0) is 24.3 Å². The first-order valence-corrected chi connectivity index (χ1v) is 9.25. The molecule has 2 aromatic carbocycles. The number of para-hydroxylation sites is 1. The lowest BCUT2D eigenvalue weighted by molar-refractivity contribution is -0.144. The van der Waals surface area contributed by atoms with Crippen molar-refractivity contribution in [1.82, 2.24) is 4.90 Å². The molecule has 2 aromatic rings. The van der Waals surface area contributed by atoms with Gasteiger partial charge in [-0.25, -0.2) is 14.0 Å². The molecule has 1 N–H and O–H groups in total. The zero-order chi connectivity index (χ0) is 21.7. The van der Waals surface area contributed by atoms with Gasteiger partial charge in [0.2, 0.25) is 0 Å². The van der Waals surface area contributed by atoms with Gasteiger partial charge in [-0.3, -0.25) is 0 Å². The van der Waals surface area contributed by atoms with Crippen LogP contribution < -0.4 is 19.5 Å². The van der Waals surface area contributed by atoms with Gasteiger partial charge < -0.3 is 29.2 Å². The summed E-state index contributed by atoms with van der Waals surface area (Å²) in [5.74, 6) is -0.0675. The molecule has 1 fully saturated rings. The third-order valence-electron chi connectivity index (χ3n) is 4.78. The minimum atomic E-state index is -0.865. The minimum absolute atomic E-state index is 0.0604. The highest BCUT2D eigenvalue weighted by atomic mass is 19.1. The first-order chi connectivity index (χ1) is 14.5. The molecule has 8 nitrogen and oxygen atoms in total. The fraction of sp³-hybridized carbons (Fsp3) is 0.333. The first-order valence-electron chi connectivity index (χ1n) is 9.25. The Kier molecular flexibility index (Phi) is 6.61. The molecule has 0 aromatic heterocycles. The molecule has 1 aliphatic heterocycles. The van der Waals surface area contributed by atoms with E-state index in [2.05, 4.69) is 5.32 Å². The highest BCUT2D eigenvalue weighted by Crippen LogP contribution is 2.31. The van der Waals surface area contributed by atoms with Crippen LogP contribution >= 0.6 is 0 Å². The van der Waals surface area contributed by atoms with Crippen LogP contribution in [0.4, 0.5) is 14.9 Å². The van der Waals surface area contributed by atoms with Crippen molar-refractivity contribution in [1.29, 1.82) is 0 Å². The smallest absolute Gasteiger partial charge is 0.328 e. The number of rotatable bonds is 6. The Hall–Kier alpha value is -3.49. The average molecular weight is 418 g/mol. The quantitative estimate of drug-likeness (QED) is 0.726. The van der Waals surface area contributed by atoms with E-state index in [4.69, 9.17) is 18.9 Å². The van der Waals surface area contributed by atoms with Crippen LogP contribution in [-0.2, 0) is 9.53 Å². The number of hydrogen-bond donors (Lipinski definition) is 1. The van der Waals surface area contributed by atoms with Gasteiger partial charge in [-0.1, -0.05) is 12.1 Å². The van der Waals surface area contributed by atoms with Crippen LogP contribution in [0.5, 0.6) is 17.2 Å². The van der Waals surface area contributed by atoms with Gasteiger partial charge in [0.15, 0.2) is 11.6 Å². The predicted octanol–water partition coefficient (Wildman–Crippen LogP) is 3.07. The van der Waals surface area contributed by atoms with Crippen molar-refractivity contribution in [2.45, 2.75) is 18.6 Å². The van der Waals surface area contributed by atoms with E-state index in [9.17, 15) is 14.0 Å². The lowest BCUT2D eigenvalue weighted by atomic mass is 10.2. The highest BCUT2D eigenvalue weighted by Gasteiger charge is 2.42. The maximum atomic E-state index is 13.9. The summed E-state index contributed by atoms with van der Waals surface area (Å²) in [6.07, 6.45) is -0.400. The molecule has 160 valence electrons. The Bertz CT molecular complexity index is 922. The number of hydrogen-bond acceptors (Lipinski definition) is 6. The fourth-order valence-corrected chi connectivity index (χ4v) is 3.28. The van der Waals surface area contributed by atoms with Crippen LogP contribution in [0.25, 0.3) is 0 Å². The van der Waals surface area contributed by atoms with Crippen molar-refractivity contribution < 1.29 is 32.9 Å². The van der Waals surface area contributed by atoms with Crippen LogP contribution in [-0.4, -0.2) is 56.9 Å². The van der Waals surface area contributed by atoms with E-state index >= 15 is 0 Å². The number of carbonyl (C=O) groups excluding carboxylic acids is 2. The summed E-state index contributed by atoms with van der Waals surface area (Å²) in [7, 11) is 4.24. The molecule has 0 aliphatic carbocycles. The van der Waals surface area contributed by atoms with Crippen molar-refractivity contribution in [3.8, 4) is 17.2 Å². The van der Waals surface area contributed by atoms with E-state index in [-0.39, 0.29) is 18.7 Å². The van der Waals surface area contributed by atoms with Gasteiger partial charge >= 0.3 is 12.0 Å². The third-order valence-corrected chi connectivity index (χ3v) is 4.78. The number of carbonyl (C=O) groups is 2. The Morgan fingerprint density at radius 1 is 1.07 bits per heavy atom. The van der Waals surface area contributed by atoms with Crippen LogP contribution in [0.2, 0.25) is 0 Å². The molecule has 3 rings (SSSR count). The third kappa shape index (κ3) is 4.56. The number of ether oxygens (including phenoxy) is 4. The molecule has 9 heteroatoms. The number of amides is 2. The minimum Gasteiger partial charge on any atom is -0.497 e. The lowest BCUT2D eigenvalue weighted by Crippen LogP contribution is -2.43. The van der Waals surface area contributed by atoms with E-state index < -0.39 is 30.0 Å². The van der Waals surface area contributed by atoms with Crippen LogP contribution in [0.15, 0.2) is 42.5 Å². The van der Waals surface area contributed by atoms with Crippen molar-refractivity contribution in [3.63, 3.8) is 0 Å². The summed E-state index contributed by atoms with van der Waals surface area (Å²) in [5.41, 5.74) is 0.408. The number of nitrogens with zero attached hydrogens (tertiary/aromatic N) is 1. The van der Waals surface area contributed by atoms with Crippen molar-refractivity contribution >= 4 is 17.7 Å². The van der Waals surface area contributed by atoms with Gasteiger partial charge in [-0.2, -0.15) is 0 Å². The van der Waals surface area contributed by atoms with E-state index in [1.807, 2.05) is 0 Å². The second-order valence-electron chi connectivity index (χ2n) is 6.59. The van der Waals surface area contributed by atoms with Gasteiger partial charge in [0, 0.05) is 12.5 Å². The number of likely N-dealkylation sites (tertiary alicyclic amines) is 1. The SMILES string of the molecule is COC(=O)[C@@H]1C[C@@H](Oc2ccccc2F)CN1C(=O)Nc1ccc(OC)cc1OC. The zero-order valence-corrected chi connectivity index (χ0v) is 16.9. The van der Waals surface area contributed by atoms with Gasteiger partial charge in [0.05, 0.1) is 33.6 Å². The average Bonchev–Trinajstić information content (AvgIpc) is 3.19. The highest BCUT2D eigenvalue weighted by molar-refractivity contribution is 5.94. The largest absolute Gasteiger partial charge is 0.497 e. The summed E-state index contributed by atoms with van der Waals surface area (Å²) < 4.78 is 34.9. The first kappa shape index (κ1) is 21.2.